The van der Waals surface area contributed by atoms with E-state index in [1.807, 2.05) is 0 Å². The first-order chi connectivity index (χ1) is 24.7. The van der Waals surface area contributed by atoms with Gasteiger partial charge in [-0.1, -0.05) is 18.2 Å². The third-order valence-corrected chi connectivity index (χ3v) is 10.3. The molecule has 2 aliphatic carbocycles. The van der Waals surface area contributed by atoms with Gasteiger partial charge in [-0.05, 0) is 62.1 Å². The summed E-state index contributed by atoms with van der Waals surface area (Å²) in [6.07, 6.45) is -3.43. The van der Waals surface area contributed by atoms with Gasteiger partial charge in [-0.15, -0.1) is 0 Å². The molecule has 0 amide bonds. The highest BCUT2D eigenvalue weighted by molar-refractivity contribution is 6.13. The van der Waals surface area contributed by atoms with Crippen LogP contribution in [-0.4, -0.2) is 91.3 Å². The number of aliphatic hydroxyl groups excluding tert-OH is 4. The Morgan fingerprint density at radius 2 is 1.35 bits per heavy atom. The number of methoxy groups -OCH3 is 1. The third kappa shape index (κ3) is 4.63. The fourth-order valence-corrected chi connectivity index (χ4v) is 7.83. The number of Topliss-reactive ketones (excluding diaryl/α,β-unsaturated/α-hetero) is 2. The summed E-state index contributed by atoms with van der Waals surface area (Å²) >= 11 is 0. The minimum absolute atomic E-state index is 0.0339. The Morgan fingerprint density at radius 3 is 1.92 bits per heavy atom. The Morgan fingerprint density at radius 1 is 0.808 bits per heavy atom. The number of aryl methyl sites for hydroxylation is 2. The van der Waals surface area contributed by atoms with Crippen molar-refractivity contribution in [2.75, 3.05) is 13.7 Å². The zero-order chi connectivity index (χ0) is 37.4. The normalized spacial score (nSPS) is 24.9. The lowest BCUT2D eigenvalue weighted by molar-refractivity contribution is -0.170. The summed E-state index contributed by atoms with van der Waals surface area (Å²) in [4.78, 5) is 53.4. The van der Waals surface area contributed by atoms with E-state index in [1.165, 1.54) is 38.1 Å². The molecule has 3 aromatic rings. The smallest absolute Gasteiger partial charge is 0.359 e. The Labute approximate surface area is 295 Å². The number of aromatic hydroxyl groups is 2. The molecule has 0 unspecified atom stereocenters. The van der Waals surface area contributed by atoms with E-state index in [-0.39, 0.29) is 70.6 Å². The van der Waals surface area contributed by atoms with Crippen LogP contribution in [0.5, 0.6) is 23.0 Å². The highest BCUT2D eigenvalue weighted by Gasteiger charge is 2.63. The predicted octanol–water partition coefficient (Wildman–Crippen LogP) is 3.66. The highest BCUT2D eigenvalue weighted by Crippen LogP contribution is 2.57. The van der Waals surface area contributed by atoms with Crippen LogP contribution in [0.2, 0.25) is 0 Å². The number of phenolic OH excluding ortho intramolecular Hbond substituents is 2. The maximum Gasteiger partial charge on any atom is 0.359 e. The fourth-order valence-electron chi connectivity index (χ4n) is 7.83. The van der Waals surface area contributed by atoms with Crippen LogP contribution in [0.15, 0.2) is 53.6 Å². The molecule has 2 aliphatic heterocycles. The molecule has 14 nitrogen and oxygen atoms in total. The average Bonchev–Trinajstić information content (AvgIpc) is 3.11. The van der Waals surface area contributed by atoms with Gasteiger partial charge in [-0.25, -0.2) is 9.59 Å². The molecule has 0 aromatic heterocycles. The lowest BCUT2D eigenvalue weighted by Gasteiger charge is -2.44. The van der Waals surface area contributed by atoms with Gasteiger partial charge in [0.05, 0.1) is 30.4 Å². The number of carbonyl (C=O) groups excluding carboxylic acids is 4. The van der Waals surface area contributed by atoms with Crippen molar-refractivity contribution in [3.63, 3.8) is 0 Å². The topological polar surface area (TPSA) is 227 Å². The molecule has 0 spiro atoms. The number of carbonyl (C=O) groups is 4. The first-order valence-electron chi connectivity index (χ1n) is 16.4. The number of aliphatic hydroxyl groups is 4. The lowest BCUT2D eigenvalue weighted by atomic mass is 9.73. The molecule has 4 aliphatic rings. The first-order valence-corrected chi connectivity index (χ1v) is 16.4. The number of ketones is 2. The van der Waals surface area contributed by atoms with E-state index >= 15 is 0 Å². The second-order valence-electron chi connectivity index (χ2n) is 13.2. The number of hydrogen-bond acceptors (Lipinski definition) is 14. The molecule has 0 saturated heterocycles. The molecule has 14 heteroatoms. The van der Waals surface area contributed by atoms with Gasteiger partial charge in [0, 0.05) is 24.0 Å². The van der Waals surface area contributed by atoms with Crippen molar-refractivity contribution in [1.82, 2.24) is 0 Å². The molecule has 2 saturated carbocycles. The SMILES string of the molecule is COC(=O)[C@]12Oc3cc(C)c(-c4c(C)cc5c(c4O)C(O)=C4C(=O)CC[C@@H](O)[C@@]4(CO)O5)c(O)c3C(O)=C1C(=O)CC[C@H]2OC(=O)c1ccccc1. The molecule has 0 bridgehead atoms. The Kier molecular flexibility index (Phi) is 8.07. The Hall–Kier alpha value is -5.86. The van der Waals surface area contributed by atoms with Crippen LogP contribution in [0.3, 0.4) is 0 Å². The summed E-state index contributed by atoms with van der Waals surface area (Å²) in [5.74, 6) is -6.67. The number of rotatable bonds is 5. The van der Waals surface area contributed by atoms with E-state index in [0.717, 1.165) is 7.11 Å². The maximum atomic E-state index is 13.6. The zero-order valence-electron chi connectivity index (χ0n) is 28.2. The maximum absolute atomic E-state index is 13.6. The highest BCUT2D eigenvalue weighted by atomic mass is 16.6. The van der Waals surface area contributed by atoms with Crippen LogP contribution in [0, 0.1) is 13.8 Å². The number of benzene rings is 3. The largest absolute Gasteiger partial charge is 0.506 e. The summed E-state index contributed by atoms with van der Waals surface area (Å²) < 4.78 is 23.0. The second-order valence-corrected chi connectivity index (χ2v) is 13.2. The van der Waals surface area contributed by atoms with Gasteiger partial charge in [0.15, 0.2) is 23.3 Å². The van der Waals surface area contributed by atoms with E-state index in [4.69, 9.17) is 18.9 Å². The van der Waals surface area contributed by atoms with E-state index in [2.05, 4.69) is 0 Å². The van der Waals surface area contributed by atoms with Gasteiger partial charge in [-0.2, -0.15) is 0 Å². The average molecular weight is 715 g/mol. The minimum atomic E-state index is -2.46. The molecular formula is C38H34O14. The van der Waals surface area contributed by atoms with Gasteiger partial charge < -0.3 is 49.6 Å². The molecule has 7 rings (SSSR count). The fraction of sp³-hybridized carbons (Fsp3) is 0.316. The van der Waals surface area contributed by atoms with Gasteiger partial charge in [0.2, 0.25) is 0 Å². The van der Waals surface area contributed by atoms with Crippen molar-refractivity contribution >= 4 is 35.0 Å². The zero-order valence-corrected chi connectivity index (χ0v) is 28.2. The predicted molar refractivity (Wildman–Crippen MR) is 180 cm³/mol. The molecular weight excluding hydrogens is 680 g/mol. The monoisotopic (exact) mass is 714 g/mol. The van der Waals surface area contributed by atoms with Crippen molar-refractivity contribution in [3.8, 4) is 34.1 Å². The third-order valence-electron chi connectivity index (χ3n) is 10.3. The number of phenols is 2. The van der Waals surface area contributed by atoms with Gasteiger partial charge >= 0.3 is 11.9 Å². The van der Waals surface area contributed by atoms with Crippen LogP contribution in [-0.2, 0) is 23.9 Å². The van der Waals surface area contributed by atoms with Crippen molar-refractivity contribution < 1.29 is 68.8 Å². The summed E-state index contributed by atoms with van der Waals surface area (Å²) in [5.41, 5.74) is -5.74. The van der Waals surface area contributed by atoms with Crippen molar-refractivity contribution in [1.29, 1.82) is 0 Å². The summed E-state index contributed by atoms with van der Waals surface area (Å²) in [6.45, 7) is 2.20. The van der Waals surface area contributed by atoms with Crippen molar-refractivity contribution in [3.05, 3.63) is 81.4 Å². The van der Waals surface area contributed by atoms with E-state index in [9.17, 15) is 49.8 Å². The second kappa shape index (κ2) is 12.1. The molecule has 6 N–H and O–H groups in total. The van der Waals surface area contributed by atoms with Crippen LogP contribution >= 0.6 is 0 Å². The van der Waals surface area contributed by atoms with Crippen LogP contribution in [0.1, 0.15) is 58.3 Å². The summed E-state index contributed by atoms with van der Waals surface area (Å²) in [7, 11) is 1.04. The molecule has 2 heterocycles. The quantitative estimate of drug-likeness (QED) is 0.208. The summed E-state index contributed by atoms with van der Waals surface area (Å²) in [5, 5.41) is 68.0. The van der Waals surface area contributed by atoms with E-state index in [0.29, 0.717) is 0 Å². The molecule has 270 valence electrons. The van der Waals surface area contributed by atoms with E-state index < -0.39 is 93.2 Å². The Bertz CT molecular complexity index is 2170. The lowest BCUT2D eigenvalue weighted by Crippen LogP contribution is -2.62. The number of esters is 2. The molecule has 0 radical (unpaired) electrons. The molecule has 2 fully saturated rings. The minimum Gasteiger partial charge on any atom is -0.506 e. The molecule has 3 aromatic carbocycles. The molecule has 4 atom stereocenters. The van der Waals surface area contributed by atoms with Gasteiger partial charge in [0.25, 0.3) is 5.60 Å². The van der Waals surface area contributed by atoms with Gasteiger partial charge in [0.1, 0.15) is 51.7 Å². The van der Waals surface area contributed by atoms with Crippen LogP contribution in [0.25, 0.3) is 22.6 Å². The number of fused-ring (bicyclic) bond motifs is 4. The molecule has 52 heavy (non-hydrogen) atoms. The van der Waals surface area contributed by atoms with E-state index in [1.54, 1.807) is 18.2 Å². The van der Waals surface area contributed by atoms with Crippen molar-refractivity contribution in [2.45, 2.75) is 62.9 Å². The van der Waals surface area contributed by atoms with Crippen molar-refractivity contribution in [2.24, 2.45) is 0 Å². The number of hydrogen-bond donors (Lipinski definition) is 6. The van der Waals surface area contributed by atoms with Crippen LogP contribution in [0.4, 0.5) is 0 Å². The standard InChI is InChI=1S/C38H34O14/c1-16-13-21-27(33(45)29-19(40)9-11-23(42)37(29,15-39)51-21)31(43)25(16)26-17(2)14-22-28(32(26)44)34(46)30-20(41)10-12-24(38(30,52-22)36(48)49-3)50-35(47)18-7-5-4-6-8-18/h4-8,13-14,23-24,39,42-46H,9-12,15H2,1-3H3/t23-,24-,37-,38-/m1/s1. The van der Waals surface area contributed by atoms with Gasteiger partial charge in [-0.3, -0.25) is 9.59 Å². The van der Waals surface area contributed by atoms with Crippen LogP contribution < -0.4 is 9.47 Å². The summed E-state index contributed by atoms with van der Waals surface area (Å²) in [6, 6.07) is 10.6. The Balaban J connectivity index is 1.41. The first kappa shape index (κ1) is 34.6. The number of ether oxygens (including phenoxy) is 4.